The summed E-state index contributed by atoms with van der Waals surface area (Å²) >= 11 is 0. The Morgan fingerprint density at radius 3 is 2.22 bits per heavy atom. The zero-order valence-corrected chi connectivity index (χ0v) is 10.3. The van der Waals surface area contributed by atoms with E-state index in [4.69, 9.17) is 14.2 Å². The van der Waals surface area contributed by atoms with Gasteiger partial charge in [0.25, 0.3) is 0 Å². The van der Waals surface area contributed by atoms with Gasteiger partial charge in [-0.3, -0.25) is 0 Å². The molecule has 0 amide bonds. The molecule has 4 heteroatoms. The van der Waals surface area contributed by atoms with Crippen LogP contribution in [0.25, 0.3) is 0 Å². The van der Waals surface area contributed by atoms with Gasteiger partial charge in [0.2, 0.25) is 0 Å². The number of hydrogen-bond acceptors (Lipinski definition) is 4. The second kappa shape index (κ2) is 3.10. The summed E-state index contributed by atoms with van der Waals surface area (Å²) in [4.78, 5) is 11.6. The first-order valence-corrected chi connectivity index (χ1v) is 7.27. The molecule has 0 aromatic carbocycles. The molecule has 4 bridgehead atoms. The summed E-state index contributed by atoms with van der Waals surface area (Å²) in [6.07, 6.45) is 5.78. The van der Waals surface area contributed by atoms with E-state index in [1.165, 1.54) is 32.1 Å². The average molecular weight is 250 g/mol. The summed E-state index contributed by atoms with van der Waals surface area (Å²) in [5.41, 5.74) is 0. The van der Waals surface area contributed by atoms with Crippen LogP contribution in [0.2, 0.25) is 0 Å². The molecule has 2 atom stereocenters. The van der Waals surface area contributed by atoms with Gasteiger partial charge in [-0.1, -0.05) is 0 Å². The van der Waals surface area contributed by atoms with Crippen LogP contribution in [0.15, 0.2) is 0 Å². The maximum absolute atomic E-state index is 11.6. The van der Waals surface area contributed by atoms with Gasteiger partial charge in [0, 0.05) is 11.8 Å². The largest absolute Gasteiger partial charge is 0.461 e. The van der Waals surface area contributed by atoms with Gasteiger partial charge < -0.3 is 14.2 Å². The molecule has 1 spiro atoms. The fourth-order valence-corrected chi connectivity index (χ4v) is 5.39. The number of cyclic esters (lactones) is 1. The van der Waals surface area contributed by atoms with Gasteiger partial charge in [0.15, 0.2) is 11.9 Å². The van der Waals surface area contributed by atoms with Crippen LogP contribution in [0, 0.1) is 23.7 Å². The molecule has 2 aliphatic heterocycles. The smallest absolute Gasteiger partial charge is 0.338 e. The second-order valence-corrected chi connectivity index (χ2v) is 6.85. The number of fused-ring (bicyclic) bond motifs is 1. The van der Waals surface area contributed by atoms with Crippen molar-refractivity contribution in [1.29, 1.82) is 0 Å². The Balaban J connectivity index is 1.52. The number of hydrogen-bond donors (Lipinski definition) is 0. The molecule has 2 unspecified atom stereocenters. The molecule has 2 saturated heterocycles. The second-order valence-electron chi connectivity index (χ2n) is 6.85. The Labute approximate surface area is 106 Å². The van der Waals surface area contributed by atoms with Crippen molar-refractivity contribution in [2.24, 2.45) is 23.7 Å². The third-order valence-corrected chi connectivity index (χ3v) is 5.88. The summed E-state index contributed by atoms with van der Waals surface area (Å²) in [5, 5.41) is 0. The Kier molecular flexibility index (Phi) is 1.76. The monoisotopic (exact) mass is 250 g/mol. The van der Waals surface area contributed by atoms with E-state index in [1.807, 2.05) is 0 Å². The highest BCUT2D eigenvalue weighted by Crippen LogP contribution is 2.62. The van der Waals surface area contributed by atoms with Crippen LogP contribution in [0.3, 0.4) is 0 Å². The lowest BCUT2D eigenvalue weighted by Gasteiger charge is -2.58. The van der Waals surface area contributed by atoms with E-state index < -0.39 is 11.9 Å². The van der Waals surface area contributed by atoms with E-state index in [0.717, 1.165) is 11.8 Å². The maximum atomic E-state index is 11.6. The van der Waals surface area contributed by atoms with Crippen molar-refractivity contribution in [3.8, 4) is 0 Å². The molecule has 0 radical (unpaired) electrons. The minimum absolute atomic E-state index is 0.143. The molecule has 6 rings (SSSR count). The zero-order chi connectivity index (χ0) is 11.9. The predicted octanol–water partition coefficient (Wildman–Crippen LogP) is 1.48. The van der Waals surface area contributed by atoms with E-state index in [-0.39, 0.29) is 12.1 Å². The first-order chi connectivity index (χ1) is 8.74. The third kappa shape index (κ3) is 1.08. The minimum Gasteiger partial charge on any atom is -0.461 e. The standard InChI is InChI=1S/C14H18O4/c15-13-12-11(6-16-13)17-14(18-12)9-2-7-1-8(4-9)5-10(14)3-7/h7-12H,1-6H2. The summed E-state index contributed by atoms with van der Waals surface area (Å²) in [5.74, 6) is 2.17. The molecule has 4 nitrogen and oxygen atoms in total. The third-order valence-electron chi connectivity index (χ3n) is 5.88. The topological polar surface area (TPSA) is 44.8 Å². The van der Waals surface area contributed by atoms with Crippen LogP contribution >= 0.6 is 0 Å². The molecular weight excluding hydrogens is 232 g/mol. The SMILES string of the molecule is O=C1OCC2OC3(OC12)C1CC2CC(C1)CC3C2. The first-order valence-electron chi connectivity index (χ1n) is 7.27. The van der Waals surface area contributed by atoms with Gasteiger partial charge in [0.05, 0.1) is 0 Å². The number of esters is 1. The minimum atomic E-state index is -0.442. The molecule has 18 heavy (non-hydrogen) atoms. The van der Waals surface area contributed by atoms with E-state index in [9.17, 15) is 4.79 Å². The lowest BCUT2D eigenvalue weighted by molar-refractivity contribution is -0.302. The fourth-order valence-electron chi connectivity index (χ4n) is 5.39. The predicted molar refractivity (Wildman–Crippen MR) is 60.5 cm³/mol. The van der Waals surface area contributed by atoms with Crippen LogP contribution in [0.1, 0.15) is 32.1 Å². The Morgan fingerprint density at radius 2 is 1.61 bits per heavy atom. The summed E-state index contributed by atoms with van der Waals surface area (Å²) in [7, 11) is 0. The highest BCUT2D eigenvalue weighted by molar-refractivity contribution is 5.78. The van der Waals surface area contributed by atoms with Crippen molar-refractivity contribution >= 4 is 5.97 Å². The van der Waals surface area contributed by atoms with Crippen molar-refractivity contribution < 1.29 is 19.0 Å². The van der Waals surface area contributed by atoms with Gasteiger partial charge in [0.1, 0.15) is 12.7 Å². The number of carbonyl (C=O) groups is 1. The Morgan fingerprint density at radius 1 is 0.944 bits per heavy atom. The van der Waals surface area contributed by atoms with Crippen molar-refractivity contribution in [3.05, 3.63) is 0 Å². The highest BCUT2D eigenvalue weighted by Gasteiger charge is 2.66. The summed E-state index contributed by atoms with van der Waals surface area (Å²) < 4.78 is 17.4. The van der Waals surface area contributed by atoms with E-state index in [2.05, 4.69) is 0 Å². The van der Waals surface area contributed by atoms with Gasteiger partial charge in [-0.05, 0) is 43.9 Å². The maximum Gasteiger partial charge on any atom is 0.338 e. The molecule has 2 heterocycles. The fraction of sp³-hybridized carbons (Fsp3) is 0.929. The van der Waals surface area contributed by atoms with Gasteiger partial charge in [-0.15, -0.1) is 0 Å². The first kappa shape index (κ1) is 10.2. The van der Waals surface area contributed by atoms with Crippen LogP contribution in [0.5, 0.6) is 0 Å². The van der Waals surface area contributed by atoms with Crippen molar-refractivity contribution in [2.45, 2.75) is 50.1 Å². The van der Waals surface area contributed by atoms with E-state index in [0.29, 0.717) is 18.4 Å². The van der Waals surface area contributed by atoms with Gasteiger partial charge in [-0.25, -0.2) is 4.79 Å². The molecule has 4 aliphatic carbocycles. The van der Waals surface area contributed by atoms with Crippen molar-refractivity contribution in [1.82, 2.24) is 0 Å². The van der Waals surface area contributed by atoms with Gasteiger partial charge in [-0.2, -0.15) is 0 Å². The quantitative estimate of drug-likeness (QED) is 0.611. The molecule has 4 saturated carbocycles. The molecule has 6 aliphatic rings. The summed E-state index contributed by atoms with van der Waals surface area (Å²) in [6.45, 7) is 0.386. The number of ether oxygens (including phenoxy) is 3. The highest BCUT2D eigenvalue weighted by atomic mass is 16.8. The molecular formula is C14H18O4. The Bertz CT molecular complexity index is 390. The van der Waals surface area contributed by atoms with E-state index in [1.54, 1.807) is 0 Å². The van der Waals surface area contributed by atoms with Crippen LogP contribution < -0.4 is 0 Å². The molecule has 0 aromatic heterocycles. The molecule has 6 fully saturated rings. The molecule has 0 N–H and O–H groups in total. The lowest BCUT2D eigenvalue weighted by atomic mass is 9.53. The molecule has 98 valence electrons. The van der Waals surface area contributed by atoms with Crippen LogP contribution in [-0.2, 0) is 19.0 Å². The van der Waals surface area contributed by atoms with Gasteiger partial charge >= 0.3 is 5.97 Å². The lowest BCUT2D eigenvalue weighted by Crippen LogP contribution is -2.59. The molecule has 0 aromatic rings. The van der Waals surface area contributed by atoms with Crippen molar-refractivity contribution in [3.63, 3.8) is 0 Å². The van der Waals surface area contributed by atoms with E-state index >= 15 is 0 Å². The number of rotatable bonds is 0. The number of carbonyl (C=O) groups excluding carboxylic acids is 1. The van der Waals surface area contributed by atoms with Crippen LogP contribution in [0.4, 0.5) is 0 Å². The Hall–Kier alpha value is -0.610. The average Bonchev–Trinajstić information content (AvgIpc) is 2.87. The van der Waals surface area contributed by atoms with Crippen LogP contribution in [-0.4, -0.2) is 30.6 Å². The summed E-state index contributed by atoms with van der Waals surface area (Å²) in [6, 6.07) is 0. The zero-order valence-electron chi connectivity index (χ0n) is 10.3. The normalized spacial score (nSPS) is 60.3. The van der Waals surface area contributed by atoms with Crippen molar-refractivity contribution in [2.75, 3.05) is 6.61 Å².